The minimum atomic E-state index is -4.18. The van der Waals surface area contributed by atoms with Crippen LogP contribution in [0, 0.1) is 5.92 Å². The molecule has 3 nitrogen and oxygen atoms in total. The summed E-state index contributed by atoms with van der Waals surface area (Å²) >= 11 is 0. The van der Waals surface area contributed by atoms with Crippen LogP contribution < -0.4 is 5.73 Å². The highest BCUT2D eigenvalue weighted by Crippen LogP contribution is 2.30. The third kappa shape index (κ3) is 4.33. The van der Waals surface area contributed by atoms with Gasteiger partial charge < -0.3 is 10.3 Å². The summed E-state index contributed by atoms with van der Waals surface area (Å²) < 4.78 is 38.7. The Morgan fingerprint density at radius 3 is 2.44 bits per heavy atom. The van der Waals surface area contributed by atoms with Crippen molar-refractivity contribution in [3.8, 4) is 0 Å². The summed E-state index contributed by atoms with van der Waals surface area (Å²) in [4.78, 5) is 3.92. The van der Waals surface area contributed by atoms with Gasteiger partial charge in [-0.25, -0.2) is 4.98 Å². The van der Waals surface area contributed by atoms with Crippen molar-refractivity contribution in [1.29, 1.82) is 0 Å². The summed E-state index contributed by atoms with van der Waals surface area (Å²) in [6.07, 6.45) is -1.34. The fraction of sp³-hybridized carbons (Fsp3) is 0.750. The first-order valence-corrected chi connectivity index (χ1v) is 6.04. The van der Waals surface area contributed by atoms with E-state index in [4.69, 9.17) is 5.73 Å². The first kappa shape index (κ1) is 15.0. The van der Waals surface area contributed by atoms with Gasteiger partial charge in [0.25, 0.3) is 0 Å². The van der Waals surface area contributed by atoms with Crippen molar-refractivity contribution in [3.05, 3.63) is 18.2 Å². The summed E-state index contributed by atoms with van der Waals surface area (Å²) in [7, 11) is 0. The van der Waals surface area contributed by atoms with Gasteiger partial charge in [0.15, 0.2) is 0 Å². The normalized spacial score (nSPS) is 16.0. The molecule has 1 aromatic heterocycles. The molecule has 0 spiro atoms. The molecule has 0 saturated carbocycles. The van der Waals surface area contributed by atoms with E-state index in [2.05, 4.69) is 4.98 Å². The Morgan fingerprint density at radius 1 is 1.33 bits per heavy atom. The average Bonchev–Trinajstić information content (AvgIpc) is 2.61. The quantitative estimate of drug-likeness (QED) is 0.884. The molecule has 1 heterocycles. The van der Waals surface area contributed by atoms with Gasteiger partial charge in [-0.3, -0.25) is 0 Å². The summed E-state index contributed by atoms with van der Waals surface area (Å²) in [5.74, 6) is 0.390. The van der Waals surface area contributed by atoms with Crippen molar-refractivity contribution in [1.82, 2.24) is 9.55 Å². The lowest BCUT2D eigenvalue weighted by atomic mass is 10.0. The lowest BCUT2D eigenvalue weighted by Crippen LogP contribution is -2.22. The van der Waals surface area contributed by atoms with Gasteiger partial charge in [-0.1, -0.05) is 13.8 Å². The second-order valence-corrected chi connectivity index (χ2v) is 5.13. The van der Waals surface area contributed by atoms with Crippen molar-refractivity contribution in [2.75, 3.05) is 0 Å². The zero-order valence-electron chi connectivity index (χ0n) is 10.9. The van der Waals surface area contributed by atoms with Gasteiger partial charge in [-0.05, 0) is 19.3 Å². The molecule has 6 heteroatoms. The summed E-state index contributed by atoms with van der Waals surface area (Å²) in [5, 5.41) is 0. The van der Waals surface area contributed by atoms with Crippen LogP contribution in [-0.2, 0) is 0 Å². The smallest absolute Gasteiger partial charge is 0.330 e. The van der Waals surface area contributed by atoms with E-state index < -0.39 is 18.6 Å². The summed E-state index contributed by atoms with van der Waals surface area (Å²) in [6, 6.07) is -0.955. The largest absolute Gasteiger partial charge is 0.391 e. The zero-order valence-corrected chi connectivity index (χ0v) is 10.9. The van der Waals surface area contributed by atoms with E-state index in [-0.39, 0.29) is 6.04 Å². The van der Waals surface area contributed by atoms with E-state index in [1.165, 1.54) is 17.8 Å². The van der Waals surface area contributed by atoms with Gasteiger partial charge in [0, 0.05) is 18.3 Å². The number of alkyl halides is 3. The van der Waals surface area contributed by atoms with Crippen LogP contribution in [0.2, 0.25) is 0 Å². The van der Waals surface area contributed by atoms with Crippen molar-refractivity contribution < 1.29 is 13.2 Å². The highest BCUT2D eigenvalue weighted by atomic mass is 19.4. The second-order valence-electron chi connectivity index (χ2n) is 5.13. The van der Waals surface area contributed by atoms with E-state index in [1.807, 2.05) is 13.8 Å². The molecule has 0 aliphatic rings. The van der Waals surface area contributed by atoms with Gasteiger partial charge in [-0.15, -0.1) is 0 Å². The number of hydrogen-bond acceptors (Lipinski definition) is 2. The SMILES string of the molecule is CC(C)CC(N)c1cncn1C(C)CC(F)(F)F. The fourth-order valence-electron chi connectivity index (χ4n) is 2.03. The molecule has 0 bridgehead atoms. The predicted molar refractivity (Wildman–Crippen MR) is 64.0 cm³/mol. The second kappa shape index (κ2) is 5.73. The highest BCUT2D eigenvalue weighted by Gasteiger charge is 2.31. The van der Waals surface area contributed by atoms with Gasteiger partial charge >= 0.3 is 6.18 Å². The van der Waals surface area contributed by atoms with Crippen LogP contribution in [0.5, 0.6) is 0 Å². The van der Waals surface area contributed by atoms with E-state index in [0.29, 0.717) is 11.6 Å². The molecule has 0 fully saturated rings. The average molecular weight is 263 g/mol. The van der Waals surface area contributed by atoms with Crippen LogP contribution in [0.3, 0.4) is 0 Å². The minimum Gasteiger partial charge on any atom is -0.330 e. The first-order valence-electron chi connectivity index (χ1n) is 6.04. The monoisotopic (exact) mass is 263 g/mol. The summed E-state index contributed by atoms with van der Waals surface area (Å²) in [6.45, 7) is 5.58. The highest BCUT2D eigenvalue weighted by molar-refractivity contribution is 5.06. The maximum Gasteiger partial charge on any atom is 0.391 e. The Hall–Kier alpha value is -1.04. The number of nitrogens with two attached hydrogens (primary N) is 1. The van der Waals surface area contributed by atoms with Crippen molar-refractivity contribution in [2.24, 2.45) is 11.7 Å². The Balaban J connectivity index is 2.81. The maximum atomic E-state index is 12.4. The molecule has 0 amide bonds. The first-order chi connectivity index (χ1) is 8.20. The lowest BCUT2D eigenvalue weighted by Gasteiger charge is -2.22. The molecule has 2 atom stereocenters. The van der Waals surface area contributed by atoms with Crippen molar-refractivity contribution >= 4 is 0 Å². The van der Waals surface area contributed by atoms with E-state index >= 15 is 0 Å². The number of rotatable bonds is 5. The molecule has 18 heavy (non-hydrogen) atoms. The molecule has 0 aromatic carbocycles. The third-order valence-corrected chi connectivity index (χ3v) is 2.80. The van der Waals surface area contributed by atoms with Crippen molar-refractivity contribution in [2.45, 2.75) is 51.9 Å². The molecular weight excluding hydrogens is 243 g/mol. The Labute approximate surface area is 105 Å². The lowest BCUT2D eigenvalue weighted by molar-refractivity contribution is -0.141. The van der Waals surface area contributed by atoms with Crippen LogP contribution in [0.4, 0.5) is 13.2 Å². The number of halogens is 3. The molecule has 104 valence electrons. The number of aromatic nitrogens is 2. The van der Waals surface area contributed by atoms with E-state index in [1.54, 1.807) is 6.20 Å². The van der Waals surface area contributed by atoms with Crippen LogP contribution >= 0.6 is 0 Å². The van der Waals surface area contributed by atoms with Crippen LogP contribution in [0.15, 0.2) is 12.5 Å². The number of hydrogen-bond donors (Lipinski definition) is 1. The minimum absolute atomic E-state index is 0.275. The molecule has 0 saturated heterocycles. The van der Waals surface area contributed by atoms with Crippen LogP contribution in [0.25, 0.3) is 0 Å². The van der Waals surface area contributed by atoms with Crippen LogP contribution in [0.1, 0.15) is 51.4 Å². The summed E-state index contributed by atoms with van der Waals surface area (Å²) in [5.41, 5.74) is 6.67. The Bertz CT molecular complexity index is 371. The molecule has 2 N–H and O–H groups in total. The van der Waals surface area contributed by atoms with E-state index in [9.17, 15) is 13.2 Å². The molecule has 1 aromatic rings. The standard InChI is InChI=1S/C12H20F3N3/c1-8(2)4-10(16)11-6-17-7-18(11)9(3)5-12(13,14)15/h6-10H,4-5,16H2,1-3H3. The van der Waals surface area contributed by atoms with Gasteiger partial charge in [-0.2, -0.15) is 13.2 Å². The Morgan fingerprint density at radius 2 is 1.94 bits per heavy atom. The molecule has 2 unspecified atom stereocenters. The van der Waals surface area contributed by atoms with Gasteiger partial charge in [0.2, 0.25) is 0 Å². The molecule has 0 aliphatic carbocycles. The van der Waals surface area contributed by atoms with Crippen LogP contribution in [-0.4, -0.2) is 15.7 Å². The zero-order chi connectivity index (χ0) is 13.9. The van der Waals surface area contributed by atoms with Gasteiger partial charge in [0.05, 0.1) is 18.4 Å². The molecule has 0 radical (unpaired) electrons. The van der Waals surface area contributed by atoms with E-state index in [0.717, 1.165) is 6.42 Å². The van der Waals surface area contributed by atoms with Gasteiger partial charge in [0.1, 0.15) is 0 Å². The number of nitrogens with zero attached hydrogens (tertiary/aromatic N) is 2. The van der Waals surface area contributed by atoms with Crippen molar-refractivity contribution in [3.63, 3.8) is 0 Å². The molecular formula is C12H20F3N3. The topological polar surface area (TPSA) is 43.8 Å². The molecule has 1 rings (SSSR count). The maximum absolute atomic E-state index is 12.4. The Kier molecular flexibility index (Phi) is 4.78. The number of imidazole rings is 1. The molecule has 0 aliphatic heterocycles. The third-order valence-electron chi connectivity index (χ3n) is 2.80. The fourth-order valence-corrected chi connectivity index (χ4v) is 2.03. The predicted octanol–water partition coefficient (Wildman–Crippen LogP) is 3.44.